The average molecular weight is 333 g/mol. The number of hydrogen-bond acceptors (Lipinski definition) is 4. The molecule has 0 spiro atoms. The third-order valence-electron chi connectivity index (χ3n) is 2.52. The number of nitrogens with two attached hydrogens (primary N) is 1. The van der Waals surface area contributed by atoms with Gasteiger partial charge < -0.3 is 11.1 Å². The second kappa shape index (κ2) is 5.72. The summed E-state index contributed by atoms with van der Waals surface area (Å²) in [5, 5.41) is 1.31. The highest BCUT2D eigenvalue weighted by Crippen LogP contribution is 2.34. The van der Waals surface area contributed by atoms with E-state index >= 15 is 0 Å². The summed E-state index contributed by atoms with van der Waals surface area (Å²) >= 11 is 0.551. The van der Waals surface area contributed by atoms with Crippen LogP contribution in [0.15, 0.2) is 24.4 Å². The Kier molecular flexibility index (Phi) is 4.13. The second-order valence-electron chi connectivity index (χ2n) is 4.02. The summed E-state index contributed by atoms with van der Waals surface area (Å²) in [6.45, 7) is 0. The van der Waals surface area contributed by atoms with Crippen LogP contribution in [0.5, 0.6) is 0 Å². The van der Waals surface area contributed by atoms with Gasteiger partial charge >= 0.3 is 11.8 Å². The lowest BCUT2D eigenvalue weighted by Gasteiger charge is -2.16. The Morgan fingerprint density at radius 1 is 1.23 bits per heavy atom. The second-order valence-corrected chi connectivity index (χ2v) is 5.05. The minimum Gasteiger partial charge on any atom is -0.364 e. The van der Waals surface area contributed by atoms with Crippen LogP contribution in [0.1, 0.15) is 15.4 Å². The van der Waals surface area contributed by atoms with E-state index in [2.05, 4.69) is 4.98 Å². The van der Waals surface area contributed by atoms with Gasteiger partial charge in [-0.05, 0) is 12.1 Å². The number of rotatable bonds is 4. The van der Waals surface area contributed by atoms with Gasteiger partial charge in [-0.25, -0.2) is 13.8 Å². The Bertz CT molecular complexity index is 727. The van der Waals surface area contributed by atoms with Gasteiger partial charge in [0.1, 0.15) is 22.2 Å². The van der Waals surface area contributed by atoms with Crippen molar-refractivity contribution in [3.05, 3.63) is 46.6 Å². The van der Waals surface area contributed by atoms with Gasteiger partial charge in [-0.1, -0.05) is 17.4 Å². The minimum atomic E-state index is -4.45. The molecule has 0 aliphatic carbocycles. The van der Waals surface area contributed by atoms with E-state index in [-0.39, 0.29) is 10.0 Å². The van der Waals surface area contributed by atoms with Crippen molar-refractivity contribution in [2.75, 3.05) is 5.32 Å². The van der Waals surface area contributed by atoms with Crippen molar-refractivity contribution in [2.45, 2.75) is 5.92 Å². The zero-order valence-electron chi connectivity index (χ0n) is 10.6. The molecule has 1 aromatic heterocycles. The fourth-order valence-corrected chi connectivity index (χ4v) is 2.21. The maximum atomic E-state index is 13.9. The Hall–Kier alpha value is -2.49. The monoisotopic (exact) mass is 333 g/mol. The van der Waals surface area contributed by atoms with E-state index in [1.54, 1.807) is 5.32 Å². The fourth-order valence-electron chi connectivity index (χ4n) is 1.55. The molecule has 0 aliphatic heterocycles. The average Bonchev–Trinajstić information content (AvgIpc) is 2.86. The molecule has 22 heavy (non-hydrogen) atoms. The van der Waals surface area contributed by atoms with Gasteiger partial charge in [-0.15, -0.1) is 0 Å². The summed E-state index contributed by atoms with van der Waals surface area (Å²) in [5.41, 5.74) is 3.26. The van der Waals surface area contributed by atoms with Gasteiger partial charge in [0.2, 0.25) is 0 Å². The highest BCUT2D eigenvalue weighted by Gasteiger charge is 2.45. The maximum absolute atomic E-state index is 13.9. The number of carbonyl (C=O) groups is 2. The number of hydrogen-bond donors (Lipinski definition) is 2. The van der Waals surface area contributed by atoms with Gasteiger partial charge in [-0.2, -0.15) is 8.78 Å². The lowest BCUT2D eigenvalue weighted by molar-refractivity contribution is -0.141. The molecule has 3 N–H and O–H groups in total. The van der Waals surface area contributed by atoms with E-state index in [9.17, 15) is 27.2 Å². The number of halogens is 4. The number of aromatic nitrogens is 1. The molecule has 0 unspecified atom stereocenters. The first-order chi connectivity index (χ1) is 10.2. The van der Waals surface area contributed by atoms with Crippen molar-refractivity contribution in [2.24, 2.45) is 5.73 Å². The zero-order valence-corrected chi connectivity index (χ0v) is 11.4. The summed E-state index contributed by atoms with van der Waals surface area (Å²) < 4.78 is 54.6. The normalized spacial score (nSPS) is 11.3. The lowest BCUT2D eigenvalue weighted by Crippen LogP contribution is -2.33. The first kappa shape index (κ1) is 15.9. The van der Waals surface area contributed by atoms with E-state index in [1.807, 2.05) is 0 Å². The Balaban J connectivity index is 2.28. The summed E-state index contributed by atoms with van der Waals surface area (Å²) in [5.74, 6) is -10.4. The van der Waals surface area contributed by atoms with Gasteiger partial charge in [0.05, 0.1) is 6.20 Å². The number of benzene rings is 1. The number of amides is 2. The molecular formula is C12H7F4N3O2S. The number of alkyl halides is 2. The first-order valence-corrected chi connectivity index (χ1v) is 6.44. The standard InChI is InChI=1S/C12H7F4N3O2S/c13-5-2-1-3-6(14)8(5)12(15,16)11(21)19-7-4-18-10(22-7)9(17)20/h1-4H,(H2,17,20)(H,19,21). The van der Waals surface area contributed by atoms with E-state index in [0.29, 0.717) is 23.5 Å². The van der Waals surface area contributed by atoms with Crippen molar-refractivity contribution in [1.82, 2.24) is 4.98 Å². The van der Waals surface area contributed by atoms with Gasteiger partial charge in [-0.3, -0.25) is 9.59 Å². The van der Waals surface area contributed by atoms with Gasteiger partial charge in [0.15, 0.2) is 5.01 Å². The predicted octanol–water partition coefficient (Wildman–Crippen LogP) is 2.25. The molecule has 116 valence electrons. The molecule has 2 aromatic rings. The van der Waals surface area contributed by atoms with Crippen LogP contribution >= 0.6 is 11.3 Å². The van der Waals surface area contributed by atoms with Crippen molar-refractivity contribution in [1.29, 1.82) is 0 Å². The van der Waals surface area contributed by atoms with Crippen molar-refractivity contribution >= 4 is 28.2 Å². The zero-order chi connectivity index (χ0) is 16.5. The molecule has 0 bridgehead atoms. The van der Waals surface area contributed by atoms with E-state index < -0.39 is 34.9 Å². The summed E-state index contributed by atoms with van der Waals surface area (Å²) in [6.07, 6.45) is 0.927. The van der Waals surface area contributed by atoms with Crippen LogP contribution in [0.25, 0.3) is 0 Å². The molecule has 0 radical (unpaired) electrons. The van der Waals surface area contributed by atoms with Crippen molar-refractivity contribution < 1.29 is 27.2 Å². The molecule has 0 atom stereocenters. The number of carbonyl (C=O) groups excluding carboxylic acids is 2. The summed E-state index contributed by atoms with van der Waals surface area (Å²) in [7, 11) is 0. The first-order valence-electron chi connectivity index (χ1n) is 5.63. The number of nitrogens with one attached hydrogen (secondary N) is 1. The molecule has 0 fully saturated rings. The van der Waals surface area contributed by atoms with Crippen LogP contribution in [0.4, 0.5) is 22.6 Å². The molecule has 2 rings (SSSR count). The van der Waals surface area contributed by atoms with Crippen LogP contribution in [0.3, 0.4) is 0 Å². The summed E-state index contributed by atoms with van der Waals surface area (Å²) in [4.78, 5) is 25.9. The van der Waals surface area contributed by atoms with E-state index in [0.717, 1.165) is 12.3 Å². The van der Waals surface area contributed by atoms with Crippen LogP contribution in [0, 0.1) is 11.6 Å². The number of anilines is 1. The topological polar surface area (TPSA) is 85.1 Å². The quantitative estimate of drug-likeness (QED) is 0.842. The van der Waals surface area contributed by atoms with Crippen molar-refractivity contribution in [3.63, 3.8) is 0 Å². The number of primary amides is 1. The fraction of sp³-hybridized carbons (Fsp3) is 0.0833. The SMILES string of the molecule is NC(=O)c1ncc(NC(=O)C(F)(F)c2c(F)cccc2F)s1. The van der Waals surface area contributed by atoms with Gasteiger partial charge in [0, 0.05) is 0 Å². The molecule has 0 saturated heterocycles. The molecule has 10 heteroatoms. The molecule has 1 heterocycles. The minimum absolute atomic E-state index is 0.212. The van der Waals surface area contributed by atoms with Gasteiger partial charge in [0.25, 0.3) is 5.91 Å². The smallest absolute Gasteiger partial charge is 0.355 e. The number of thiazole rings is 1. The van der Waals surface area contributed by atoms with E-state index in [1.165, 1.54) is 0 Å². The van der Waals surface area contributed by atoms with E-state index in [4.69, 9.17) is 5.73 Å². The largest absolute Gasteiger partial charge is 0.364 e. The molecule has 1 aromatic carbocycles. The van der Waals surface area contributed by atoms with Crippen LogP contribution in [-0.2, 0) is 10.7 Å². The van der Waals surface area contributed by atoms with Crippen molar-refractivity contribution in [3.8, 4) is 0 Å². The van der Waals surface area contributed by atoms with Crippen LogP contribution in [0.2, 0.25) is 0 Å². The Morgan fingerprint density at radius 2 is 1.82 bits per heavy atom. The third kappa shape index (κ3) is 2.91. The molecule has 0 saturated carbocycles. The molecule has 0 aliphatic rings. The Labute approximate surface area is 124 Å². The molecule has 2 amide bonds. The lowest BCUT2D eigenvalue weighted by atomic mass is 10.1. The van der Waals surface area contributed by atoms with Crippen LogP contribution in [-0.4, -0.2) is 16.8 Å². The highest BCUT2D eigenvalue weighted by atomic mass is 32.1. The molecular weight excluding hydrogens is 326 g/mol. The number of nitrogens with zero attached hydrogens (tertiary/aromatic N) is 1. The maximum Gasteiger partial charge on any atom is 0.355 e. The molecule has 5 nitrogen and oxygen atoms in total. The highest BCUT2D eigenvalue weighted by molar-refractivity contribution is 7.17. The predicted molar refractivity (Wildman–Crippen MR) is 69.5 cm³/mol. The van der Waals surface area contributed by atoms with Crippen LogP contribution < -0.4 is 11.1 Å². The summed E-state index contributed by atoms with van der Waals surface area (Å²) in [6, 6.07) is 2.11. The third-order valence-corrected chi connectivity index (χ3v) is 3.44. The Morgan fingerprint density at radius 3 is 2.32 bits per heavy atom.